The molecule has 188 valence electrons. The van der Waals surface area contributed by atoms with Gasteiger partial charge < -0.3 is 19.6 Å². The van der Waals surface area contributed by atoms with Crippen LogP contribution in [0, 0.1) is 48.7 Å². The summed E-state index contributed by atoms with van der Waals surface area (Å²) in [4.78, 5) is 7.22. The molecule has 0 bridgehead atoms. The number of hydrogen-bond donors (Lipinski definition) is 0. The minimum Gasteiger partial charge on any atom is -0.500 e. The molecular formula is C28H18F4N4Pt. The van der Waals surface area contributed by atoms with Crippen LogP contribution in [0.25, 0.3) is 0 Å². The van der Waals surface area contributed by atoms with E-state index in [0.717, 1.165) is 47.0 Å². The molecule has 0 N–H and O–H groups in total. The van der Waals surface area contributed by atoms with Gasteiger partial charge in [-0.2, -0.15) is 25.5 Å². The van der Waals surface area contributed by atoms with E-state index in [1.54, 1.807) is 23.1 Å². The molecule has 2 heterocycles. The Kier molecular flexibility index (Phi) is 6.86. The van der Waals surface area contributed by atoms with Crippen LogP contribution in [0.1, 0.15) is 0 Å². The van der Waals surface area contributed by atoms with Crippen LogP contribution in [-0.4, -0.2) is 13.1 Å². The Hall–Kier alpha value is -3.51. The summed E-state index contributed by atoms with van der Waals surface area (Å²) in [5.41, 5.74) is 3.45. The standard InChI is InChI=1S/C28H18F4N4.Pt/c29-19-9-11-23(21(31)15-19)35-17-33(25-5-1-3-7-27(25)35)13-14-34-18-36(28-8-4-2-6-26(28)34)24-12-10-20(30)16-22(24)32;/h1-10,15-18H,13-14H2;/q-4;+4. The van der Waals surface area contributed by atoms with Gasteiger partial charge in [-0.3, -0.25) is 17.6 Å². The van der Waals surface area contributed by atoms with Crippen molar-refractivity contribution in [2.45, 2.75) is 0 Å². The van der Waals surface area contributed by atoms with Gasteiger partial charge in [-0.1, -0.05) is 35.6 Å². The molecule has 0 amide bonds. The molecule has 0 saturated carbocycles. The molecule has 2 aliphatic heterocycles. The number of hydrogen-bond acceptors (Lipinski definition) is 4. The van der Waals surface area contributed by atoms with E-state index in [4.69, 9.17) is 0 Å². The van der Waals surface area contributed by atoms with Crippen LogP contribution in [0.5, 0.6) is 0 Å². The van der Waals surface area contributed by atoms with Crippen LogP contribution in [0.3, 0.4) is 0 Å². The summed E-state index contributed by atoms with van der Waals surface area (Å²) < 4.78 is 56.0. The number of para-hydroxylation sites is 4. The van der Waals surface area contributed by atoms with Gasteiger partial charge in [-0.25, -0.2) is 0 Å². The molecule has 0 aliphatic carbocycles. The predicted molar refractivity (Wildman–Crippen MR) is 131 cm³/mol. The maximum absolute atomic E-state index is 14.6. The first-order valence-electron chi connectivity index (χ1n) is 11.2. The summed E-state index contributed by atoms with van der Waals surface area (Å²) in [6.45, 7) is 4.52. The van der Waals surface area contributed by atoms with Crippen molar-refractivity contribution in [2.24, 2.45) is 0 Å². The van der Waals surface area contributed by atoms with Gasteiger partial charge in [0.05, 0.1) is 0 Å². The second-order valence-electron chi connectivity index (χ2n) is 8.36. The van der Waals surface area contributed by atoms with Gasteiger partial charge in [-0.15, -0.1) is 24.3 Å². The fraction of sp³-hybridized carbons (Fsp3) is 0.0714. The van der Waals surface area contributed by atoms with Crippen molar-refractivity contribution in [3.05, 3.63) is 122 Å². The summed E-state index contributed by atoms with van der Waals surface area (Å²) in [6.07, 6.45) is 0. The van der Waals surface area contributed by atoms with Gasteiger partial charge in [0.15, 0.2) is 0 Å². The van der Waals surface area contributed by atoms with Gasteiger partial charge >= 0.3 is 21.1 Å². The zero-order chi connectivity index (χ0) is 24.8. The van der Waals surface area contributed by atoms with Crippen molar-refractivity contribution in [1.29, 1.82) is 0 Å². The summed E-state index contributed by atoms with van der Waals surface area (Å²) in [6, 6.07) is 24.3. The molecule has 0 unspecified atom stereocenters. The van der Waals surface area contributed by atoms with E-state index < -0.39 is 23.3 Å². The average molecular weight is 682 g/mol. The first-order chi connectivity index (χ1) is 17.5. The molecule has 0 radical (unpaired) electrons. The van der Waals surface area contributed by atoms with Crippen molar-refractivity contribution in [3.63, 3.8) is 0 Å². The SMILES string of the molecule is Fc1c[c-]c(N2[CH-]N(CCN3[CH-]N(c4[c-]cc(F)cc4F)c4ccccc43)c3ccccc32)c(F)c1.[Pt+4]. The molecule has 2 aliphatic rings. The normalized spacial score (nSPS) is 14.1. The maximum atomic E-state index is 14.6. The van der Waals surface area contributed by atoms with Crippen molar-refractivity contribution in [1.82, 2.24) is 0 Å². The molecular weight excluding hydrogens is 663 g/mol. The third-order valence-electron chi connectivity index (χ3n) is 6.15. The maximum Gasteiger partial charge on any atom is 4.00 e. The Morgan fingerprint density at radius 3 is 1.35 bits per heavy atom. The molecule has 0 spiro atoms. The van der Waals surface area contributed by atoms with E-state index in [1.807, 2.05) is 58.3 Å². The fourth-order valence-corrected chi connectivity index (χ4v) is 4.52. The molecule has 0 aromatic heterocycles. The van der Waals surface area contributed by atoms with E-state index in [-0.39, 0.29) is 32.4 Å². The summed E-state index contributed by atoms with van der Waals surface area (Å²) in [5.74, 6) is -2.80. The monoisotopic (exact) mass is 681 g/mol. The van der Waals surface area contributed by atoms with Crippen LogP contribution in [0.15, 0.2) is 72.8 Å². The second kappa shape index (κ2) is 10.1. The number of fused-ring (bicyclic) bond motifs is 2. The third-order valence-corrected chi connectivity index (χ3v) is 6.15. The van der Waals surface area contributed by atoms with E-state index in [1.165, 1.54) is 0 Å². The summed E-state index contributed by atoms with van der Waals surface area (Å²) in [7, 11) is 0. The smallest absolute Gasteiger partial charge is 0.500 e. The van der Waals surface area contributed by atoms with E-state index in [2.05, 4.69) is 12.1 Å². The number of anilines is 6. The first kappa shape index (κ1) is 25.2. The Balaban J connectivity index is 0.00000280. The van der Waals surface area contributed by atoms with E-state index in [0.29, 0.717) is 13.1 Å². The van der Waals surface area contributed by atoms with Gasteiger partial charge in [0.1, 0.15) is 0 Å². The van der Waals surface area contributed by atoms with Crippen LogP contribution in [0.4, 0.5) is 51.7 Å². The third kappa shape index (κ3) is 4.55. The number of nitrogens with zero attached hydrogens (tertiary/aromatic N) is 4. The molecule has 4 aromatic carbocycles. The van der Waals surface area contributed by atoms with Crippen molar-refractivity contribution in [3.8, 4) is 0 Å². The fourth-order valence-electron chi connectivity index (χ4n) is 4.52. The van der Waals surface area contributed by atoms with Crippen LogP contribution in [-0.2, 0) is 21.1 Å². The molecule has 37 heavy (non-hydrogen) atoms. The van der Waals surface area contributed by atoms with Crippen LogP contribution < -0.4 is 19.6 Å². The molecule has 9 heteroatoms. The number of benzene rings is 4. The quantitative estimate of drug-likeness (QED) is 0.172. The number of halogens is 4. The van der Waals surface area contributed by atoms with Gasteiger partial charge in [0, 0.05) is 59.1 Å². The van der Waals surface area contributed by atoms with Gasteiger partial charge in [0.25, 0.3) is 0 Å². The topological polar surface area (TPSA) is 13.0 Å². The van der Waals surface area contributed by atoms with Crippen molar-refractivity contribution < 1.29 is 38.6 Å². The molecule has 0 fully saturated rings. The largest absolute Gasteiger partial charge is 4.00 e. The molecule has 4 nitrogen and oxygen atoms in total. The Morgan fingerprint density at radius 1 is 0.595 bits per heavy atom. The summed E-state index contributed by atoms with van der Waals surface area (Å²) >= 11 is 0. The van der Waals surface area contributed by atoms with E-state index in [9.17, 15) is 17.6 Å². The minimum atomic E-state index is -0.710. The number of rotatable bonds is 5. The Bertz CT molecular complexity index is 1340. The van der Waals surface area contributed by atoms with Crippen molar-refractivity contribution in [2.75, 3.05) is 32.7 Å². The molecule has 0 saturated heterocycles. The Labute approximate surface area is 226 Å². The predicted octanol–water partition coefficient (Wildman–Crippen LogP) is 6.70. The molecule has 4 aromatic rings. The summed E-state index contributed by atoms with van der Waals surface area (Å²) in [5, 5.41) is 0. The average Bonchev–Trinajstić information content (AvgIpc) is 3.42. The van der Waals surface area contributed by atoms with Gasteiger partial charge in [0.2, 0.25) is 0 Å². The van der Waals surface area contributed by atoms with E-state index >= 15 is 0 Å². The van der Waals surface area contributed by atoms with Crippen molar-refractivity contribution >= 4 is 34.1 Å². The second-order valence-corrected chi connectivity index (χ2v) is 8.36. The molecule has 6 rings (SSSR count). The zero-order valence-electron chi connectivity index (χ0n) is 19.1. The van der Waals surface area contributed by atoms with Gasteiger partial charge in [-0.05, 0) is 24.3 Å². The Morgan fingerprint density at radius 2 is 0.973 bits per heavy atom. The van der Waals surface area contributed by atoms with Crippen LogP contribution >= 0.6 is 0 Å². The first-order valence-corrected chi connectivity index (χ1v) is 11.2. The zero-order valence-corrected chi connectivity index (χ0v) is 21.4. The molecule has 0 atom stereocenters. The minimum absolute atomic E-state index is 0. The van der Waals surface area contributed by atoms with Crippen LogP contribution in [0.2, 0.25) is 0 Å².